The molecule has 0 aliphatic rings. The lowest BCUT2D eigenvalue weighted by Gasteiger charge is -2.32. The fourth-order valence-corrected chi connectivity index (χ4v) is 2.25. The van der Waals surface area contributed by atoms with Gasteiger partial charge in [-0.1, -0.05) is 6.07 Å². The zero-order valence-electron chi connectivity index (χ0n) is 15.9. The number of nitrogens with zero attached hydrogens (tertiary/aromatic N) is 2. The molecule has 0 spiro atoms. The number of hydrogen-bond acceptors (Lipinski definition) is 5. The molecule has 1 N–H and O–H groups in total. The lowest BCUT2D eigenvalue weighted by Crippen LogP contribution is -2.46. The van der Waals surface area contributed by atoms with Crippen LogP contribution in [0.2, 0.25) is 0 Å². The van der Waals surface area contributed by atoms with Crippen LogP contribution in [0.4, 0.5) is 0 Å². The molecule has 2 aromatic rings. The van der Waals surface area contributed by atoms with Crippen molar-refractivity contribution in [1.29, 1.82) is 0 Å². The Morgan fingerprint density at radius 3 is 2.40 bits per heavy atom. The highest BCUT2D eigenvalue weighted by molar-refractivity contribution is 5.43. The number of hydrogen-bond donors (Lipinski definition) is 1. The molecular formula is C20H29N3O2. The largest absolute Gasteiger partial charge is 0.493 e. The molecule has 0 aliphatic carbocycles. The summed E-state index contributed by atoms with van der Waals surface area (Å²) in [5, 5.41) is 3.51. The monoisotopic (exact) mass is 343 g/mol. The Balaban J connectivity index is 1.94. The molecule has 1 heterocycles. The second-order valence-corrected chi connectivity index (χ2v) is 6.94. The van der Waals surface area contributed by atoms with Gasteiger partial charge in [0, 0.05) is 31.0 Å². The molecule has 0 amide bonds. The fraction of sp³-hybridized carbons (Fsp3) is 0.450. The van der Waals surface area contributed by atoms with Gasteiger partial charge in [0.1, 0.15) is 6.61 Å². The van der Waals surface area contributed by atoms with Crippen LogP contribution in [0.5, 0.6) is 11.5 Å². The summed E-state index contributed by atoms with van der Waals surface area (Å²) < 4.78 is 11.4. The zero-order valence-corrected chi connectivity index (χ0v) is 15.9. The summed E-state index contributed by atoms with van der Waals surface area (Å²) in [5.74, 6) is 1.50. The molecular weight excluding hydrogens is 314 g/mol. The highest BCUT2D eigenvalue weighted by atomic mass is 16.5. The lowest BCUT2D eigenvalue weighted by atomic mass is 10.0. The summed E-state index contributed by atoms with van der Waals surface area (Å²) in [6.45, 7) is 6.63. The van der Waals surface area contributed by atoms with E-state index >= 15 is 0 Å². The molecule has 25 heavy (non-hydrogen) atoms. The summed E-state index contributed by atoms with van der Waals surface area (Å²) in [6, 6.07) is 9.94. The number of pyridine rings is 1. The first-order valence-electron chi connectivity index (χ1n) is 8.49. The predicted octanol–water partition coefficient (Wildman–Crippen LogP) is 3.10. The second-order valence-electron chi connectivity index (χ2n) is 6.94. The average Bonchev–Trinajstić information content (AvgIpc) is 2.61. The Labute approximate surface area is 151 Å². The molecule has 2 rings (SSSR count). The van der Waals surface area contributed by atoms with Crippen LogP contribution in [0, 0.1) is 0 Å². The van der Waals surface area contributed by atoms with Crippen LogP contribution < -0.4 is 14.8 Å². The normalized spacial score (nSPS) is 11.6. The van der Waals surface area contributed by atoms with E-state index in [9.17, 15) is 0 Å². The molecule has 0 bridgehead atoms. The van der Waals surface area contributed by atoms with E-state index in [0.717, 1.165) is 30.2 Å². The molecule has 0 unspecified atom stereocenters. The predicted molar refractivity (Wildman–Crippen MR) is 101 cm³/mol. The number of methoxy groups -OCH3 is 1. The zero-order chi connectivity index (χ0) is 18.3. The molecule has 136 valence electrons. The Hall–Kier alpha value is -2.11. The van der Waals surface area contributed by atoms with Gasteiger partial charge in [-0.2, -0.15) is 0 Å². The number of nitrogens with one attached hydrogen (secondary N) is 1. The summed E-state index contributed by atoms with van der Waals surface area (Å²) >= 11 is 0. The van der Waals surface area contributed by atoms with Crippen molar-refractivity contribution in [2.45, 2.75) is 32.5 Å². The standard InChI is InChI=1S/C20H29N3O2/c1-20(2,23(3)4)15-22-13-17-6-7-18(19(12-17)24-5)25-14-16-8-10-21-11-9-16/h6-12,22H,13-15H2,1-5H3. The van der Waals surface area contributed by atoms with Gasteiger partial charge < -0.3 is 19.7 Å². The van der Waals surface area contributed by atoms with E-state index in [-0.39, 0.29) is 5.54 Å². The number of benzene rings is 1. The Morgan fingerprint density at radius 1 is 1.04 bits per heavy atom. The number of ether oxygens (including phenoxy) is 2. The van der Waals surface area contributed by atoms with Gasteiger partial charge in [0.2, 0.25) is 0 Å². The van der Waals surface area contributed by atoms with E-state index in [2.05, 4.69) is 49.2 Å². The van der Waals surface area contributed by atoms with Crippen LogP contribution >= 0.6 is 0 Å². The van der Waals surface area contributed by atoms with E-state index in [4.69, 9.17) is 9.47 Å². The molecule has 1 aromatic carbocycles. The van der Waals surface area contributed by atoms with Gasteiger partial charge in [-0.3, -0.25) is 4.98 Å². The molecule has 0 aliphatic heterocycles. The molecule has 0 saturated carbocycles. The van der Waals surface area contributed by atoms with Gasteiger partial charge in [-0.05, 0) is 63.3 Å². The van der Waals surface area contributed by atoms with Gasteiger partial charge in [0.05, 0.1) is 7.11 Å². The van der Waals surface area contributed by atoms with Gasteiger partial charge in [-0.25, -0.2) is 0 Å². The van der Waals surface area contributed by atoms with E-state index in [1.807, 2.05) is 24.3 Å². The third-order valence-electron chi connectivity index (χ3n) is 4.47. The van der Waals surface area contributed by atoms with Crippen LogP contribution in [0.3, 0.4) is 0 Å². The first-order chi connectivity index (χ1) is 11.9. The van der Waals surface area contributed by atoms with Crippen molar-refractivity contribution in [3.8, 4) is 11.5 Å². The van der Waals surface area contributed by atoms with Crippen molar-refractivity contribution >= 4 is 0 Å². The maximum absolute atomic E-state index is 5.88. The van der Waals surface area contributed by atoms with Crippen LogP contribution in [-0.2, 0) is 13.2 Å². The van der Waals surface area contributed by atoms with Crippen LogP contribution in [0.1, 0.15) is 25.0 Å². The number of likely N-dealkylation sites (N-methyl/N-ethyl adjacent to an activating group) is 1. The van der Waals surface area contributed by atoms with Crippen molar-refractivity contribution in [1.82, 2.24) is 15.2 Å². The van der Waals surface area contributed by atoms with Gasteiger partial charge in [0.15, 0.2) is 11.5 Å². The van der Waals surface area contributed by atoms with Crippen LogP contribution in [0.25, 0.3) is 0 Å². The third kappa shape index (κ3) is 5.73. The minimum Gasteiger partial charge on any atom is -0.493 e. The molecule has 5 heteroatoms. The van der Waals surface area contributed by atoms with Crippen molar-refractivity contribution in [2.75, 3.05) is 27.7 Å². The quantitative estimate of drug-likeness (QED) is 0.758. The minimum absolute atomic E-state index is 0.109. The van der Waals surface area contributed by atoms with E-state index < -0.39 is 0 Å². The van der Waals surface area contributed by atoms with Gasteiger partial charge in [-0.15, -0.1) is 0 Å². The lowest BCUT2D eigenvalue weighted by molar-refractivity contribution is 0.189. The highest BCUT2D eigenvalue weighted by Gasteiger charge is 2.19. The molecule has 0 fully saturated rings. The third-order valence-corrected chi connectivity index (χ3v) is 4.47. The van der Waals surface area contributed by atoms with E-state index in [1.165, 1.54) is 5.56 Å². The maximum atomic E-state index is 5.88. The fourth-order valence-electron chi connectivity index (χ4n) is 2.25. The van der Waals surface area contributed by atoms with Gasteiger partial charge in [0.25, 0.3) is 0 Å². The molecule has 0 saturated heterocycles. The summed E-state index contributed by atoms with van der Waals surface area (Å²) in [5.41, 5.74) is 2.36. The summed E-state index contributed by atoms with van der Waals surface area (Å²) in [7, 11) is 5.86. The SMILES string of the molecule is COc1cc(CNCC(C)(C)N(C)C)ccc1OCc1ccncc1. The molecule has 0 radical (unpaired) electrons. The van der Waals surface area contributed by atoms with Crippen LogP contribution in [-0.4, -0.2) is 43.2 Å². The van der Waals surface area contributed by atoms with Crippen LogP contribution in [0.15, 0.2) is 42.7 Å². The van der Waals surface area contributed by atoms with Crippen molar-refractivity contribution in [3.63, 3.8) is 0 Å². The first kappa shape index (κ1) is 19.2. The van der Waals surface area contributed by atoms with E-state index in [0.29, 0.717) is 6.61 Å². The Morgan fingerprint density at radius 2 is 1.76 bits per heavy atom. The smallest absolute Gasteiger partial charge is 0.161 e. The maximum Gasteiger partial charge on any atom is 0.161 e. The van der Waals surface area contributed by atoms with Crippen molar-refractivity contribution in [2.24, 2.45) is 0 Å². The number of aromatic nitrogens is 1. The summed E-state index contributed by atoms with van der Waals surface area (Å²) in [4.78, 5) is 6.23. The Bertz CT molecular complexity index is 657. The molecule has 0 atom stereocenters. The summed E-state index contributed by atoms with van der Waals surface area (Å²) in [6.07, 6.45) is 3.53. The minimum atomic E-state index is 0.109. The number of rotatable bonds is 9. The first-order valence-corrected chi connectivity index (χ1v) is 8.49. The highest BCUT2D eigenvalue weighted by Crippen LogP contribution is 2.28. The molecule has 1 aromatic heterocycles. The van der Waals surface area contributed by atoms with Gasteiger partial charge >= 0.3 is 0 Å². The second kappa shape index (κ2) is 8.83. The van der Waals surface area contributed by atoms with E-state index in [1.54, 1.807) is 19.5 Å². The topological polar surface area (TPSA) is 46.6 Å². The van der Waals surface area contributed by atoms with Crippen molar-refractivity contribution in [3.05, 3.63) is 53.9 Å². The average molecular weight is 343 g/mol. The Kier molecular flexibility index (Phi) is 6.79. The van der Waals surface area contributed by atoms with Crippen molar-refractivity contribution < 1.29 is 9.47 Å². The molecule has 5 nitrogen and oxygen atoms in total.